The van der Waals surface area contributed by atoms with Gasteiger partial charge in [-0.15, -0.1) is 0 Å². The molecule has 20 heavy (non-hydrogen) atoms. The van der Waals surface area contributed by atoms with Crippen LogP contribution in [0.5, 0.6) is 5.75 Å². The van der Waals surface area contributed by atoms with E-state index in [0.717, 1.165) is 33.9 Å². The van der Waals surface area contributed by atoms with Crippen molar-refractivity contribution >= 4 is 11.3 Å². The van der Waals surface area contributed by atoms with Crippen LogP contribution in [0.1, 0.15) is 12.5 Å². The number of fused-ring (bicyclic) bond motifs is 1. The molecule has 0 spiro atoms. The molecule has 0 aliphatic rings. The van der Waals surface area contributed by atoms with E-state index in [1.54, 1.807) is 0 Å². The lowest BCUT2D eigenvalue weighted by Crippen LogP contribution is -1.94. The van der Waals surface area contributed by atoms with Gasteiger partial charge < -0.3 is 14.9 Å². The molecule has 0 amide bonds. The summed E-state index contributed by atoms with van der Waals surface area (Å²) in [6, 6.07) is 9.92. The van der Waals surface area contributed by atoms with E-state index in [4.69, 9.17) is 10.5 Å². The first kappa shape index (κ1) is 12.5. The average Bonchev–Trinajstić information content (AvgIpc) is 2.89. The predicted octanol–water partition coefficient (Wildman–Crippen LogP) is 3.29. The fraction of sp³-hybridized carbons (Fsp3) is 0.188. The topological polar surface area (TPSA) is 52.5 Å². The first-order valence-corrected chi connectivity index (χ1v) is 6.66. The van der Waals surface area contributed by atoms with Gasteiger partial charge in [0.1, 0.15) is 5.75 Å². The third-order valence-corrected chi connectivity index (χ3v) is 3.34. The first-order chi connectivity index (χ1) is 9.69. The van der Waals surface area contributed by atoms with Crippen LogP contribution in [-0.4, -0.2) is 16.0 Å². The van der Waals surface area contributed by atoms with Crippen molar-refractivity contribution in [2.45, 2.75) is 13.8 Å². The fourth-order valence-corrected chi connectivity index (χ4v) is 2.19. The highest BCUT2D eigenvalue weighted by Crippen LogP contribution is 2.25. The number of hydrogen-bond acceptors (Lipinski definition) is 3. The average molecular weight is 267 g/mol. The van der Waals surface area contributed by atoms with Crippen LogP contribution >= 0.6 is 0 Å². The second-order valence-electron chi connectivity index (χ2n) is 4.73. The van der Waals surface area contributed by atoms with Crippen molar-refractivity contribution in [2.24, 2.45) is 0 Å². The molecule has 2 aromatic heterocycles. The summed E-state index contributed by atoms with van der Waals surface area (Å²) in [6.07, 6.45) is 3.97. The summed E-state index contributed by atoms with van der Waals surface area (Å²) in [4.78, 5) is 4.62. The zero-order chi connectivity index (χ0) is 14.1. The second-order valence-corrected chi connectivity index (χ2v) is 4.73. The summed E-state index contributed by atoms with van der Waals surface area (Å²) in [6.45, 7) is 4.63. The zero-order valence-corrected chi connectivity index (χ0v) is 11.6. The summed E-state index contributed by atoms with van der Waals surface area (Å²) in [5.74, 6) is 0.871. The van der Waals surface area contributed by atoms with Crippen molar-refractivity contribution < 1.29 is 4.74 Å². The number of nitrogens with zero attached hydrogens (tertiary/aromatic N) is 2. The fourth-order valence-electron chi connectivity index (χ4n) is 2.19. The van der Waals surface area contributed by atoms with E-state index in [1.807, 2.05) is 61.0 Å². The molecule has 102 valence electrons. The lowest BCUT2D eigenvalue weighted by molar-refractivity contribution is 0.340. The maximum Gasteiger partial charge on any atom is 0.160 e. The van der Waals surface area contributed by atoms with Crippen LogP contribution < -0.4 is 10.5 Å². The standard InChI is InChI=1S/C16H17N3O/c1-3-20-13-6-4-12(5-7-13)14-10-19-9-8-11(2)15(17)16(19)18-14/h4-10H,3,17H2,1-2H3. The Morgan fingerprint density at radius 2 is 1.95 bits per heavy atom. The number of aromatic nitrogens is 2. The molecule has 0 fully saturated rings. The number of benzene rings is 1. The Balaban J connectivity index is 2.03. The van der Waals surface area contributed by atoms with E-state index >= 15 is 0 Å². The van der Waals surface area contributed by atoms with E-state index in [9.17, 15) is 0 Å². The highest BCUT2D eigenvalue weighted by atomic mass is 16.5. The van der Waals surface area contributed by atoms with Gasteiger partial charge in [-0.3, -0.25) is 0 Å². The number of hydrogen-bond donors (Lipinski definition) is 1. The van der Waals surface area contributed by atoms with Gasteiger partial charge in [0.25, 0.3) is 0 Å². The molecule has 2 heterocycles. The van der Waals surface area contributed by atoms with Crippen molar-refractivity contribution in [2.75, 3.05) is 12.3 Å². The summed E-state index contributed by atoms with van der Waals surface area (Å²) < 4.78 is 7.40. The molecule has 0 radical (unpaired) electrons. The molecule has 0 bridgehead atoms. The summed E-state index contributed by atoms with van der Waals surface area (Å²) in [5, 5.41) is 0. The number of imidazole rings is 1. The van der Waals surface area contributed by atoms with E-state index < -0.39 is 0 Å². The molecule has 0 saturated carbocycles. The lowest BCUT2D eigenvalue weighted by Gasteiger charge is -2.02. The van der Waals surface area contributed by atoms with Crippen molar-refractivity contribution in [3.63, 3.8) is 0 Å². The highest BCUT2D eigenvalue weighted by Gasteiger charge is 2.08. The Morgan fingerprint density at radius 3 is 2.65 bits per heavy atom. The largest absolute Gasteiger partial charge is 0.494 e. The Bertz CT molecular complexity index is 744. The molecule has 1 aromatic carbocycles. The first-order valence-electron chi connectivity index (χ1n) is 6.66. The van der Waals surface area contributed by atoms with Gasteiger partial charge in [-0.25, -0.2) is 4.98 Å². The van der Waals surface area contributed by atoms with E-state index in [2.05, 4.69) is 4.98 Å². The normalized spacial score (nSPS) is 10.9. The number of nitrogens with two attached hydrogens (primary N) is 1. The van der Waals surface area contributed by atoms with Gasteiger partial charge in [0.15, 0.2) is 5.65 Å². The zero-order valence-electron chi connectivity index (χ0n) is 11.6. The Kier molecular flexibility index (Phi) is 3.06. The van der Waals surface area contributed by atoms with Crippen molar-refractivity contribution in [1.82, 2.24) is 9.38 Å². The van der Waals surface area contributed by atoms with E-state index in [-0.39, 0.29) is 0 Å². The maximum absolute atomic E-state index is 6.07. The van der Waals surface area contributed by atoms with Crippen LogP contribution in [0.2, 0.25) is 0 Å². The quantitative estimate of drug-likeness (QED) is 0.792. The van der Waals surface area contributed by atoms with E-state index in [1.165, 1.54) is 0 Å². The van der Waals surface area contributed by atoms with Gasteiger partial charge in [0, 0.05) is 18.0 Å². The molecule has 0 atom stereocenters. The van der Waals surface area contributed by atoms with Crippen LogP contribution in [0.25, 0.3) is 16.9 Å². The van der Waals surface area contributed by atoms with Crippen molar-refractivity contribution in [3.8, 4) is 17.0 Å². The molecular formula is C16H17N3O. The Morgan fingerprint density at radius 1 is 1.20 bits per heavy atom. The summed E-state index contributed by atoms with van der Waals surface area (Å²) in [5.41, 5.74) is 10.6. The minimum atomic E-state index is 0.670. The number of rotatable bonds is 3. The third-order valence-electron chi connectivity index (χ3n) is 3.34. The van der Waals surface area contributed by atoms with E-state index in [0.29, 0.717) is 6.61 Å². The van der Waals surface area contributed by atoms with Crippen LogP contribution in [0.3, 0.4) is 0 Å². The summed E-state index contributed by atoms with van der Waals surface area (Å²) in [7, 11) is 0. The molecule has 0 saturated heterocycles. The van der Waals surface area contributed by atoms with Gasteiger partial charge >= 0.3 is 0 Å². The van der Waals surface area contributed by atoms with Gasteiger partial charge in [-0.05, 0) is 49.7 Å². The van der Waals surface area contributed by atoms with Gasteiger partial charge in [-0.1, -0.05) is 0 Å². The number of aryl methyl sites for hydroxylation is 1. The minimum Gasteiger partial charge on any atom is -0.494 e. The number of ether oxygens (including phenoxy) is 1. The summed E-state index contributed by atoms with van der Waals surface area (Å²) >= 11 is 0. The highest BCUT2D eigenvalue weighted by molar-refractivity contribution is 5.73. The monoisotopic (exact) mass is 267 g/mol. The van der Waals surface area contributed by atoms with Crippen LogP contribution in [0.15, 0.2) is 42.7 Å². The Hall–Kier alpha value is -2.49. The minimum absolute atomic E-state index is 0.670. The number of anilines is 1. The molecule has 3 aromatic rings. The molecule has 0 unspecified atom stereocenters. The molecule has 3 rings (SSSR count). The lowest BCUT2D eigenvalue weighted by atomic mass is 10.2. The van der Waals surface area contributed by atoms with Gasteiger partial charge in [0.2, 0.25) is 0 Å². The SMILES string of the molecule is CCOc1ccc(-c2cn3ccc(C)c(N)c3n2)cc1. The van der Waals surface area contributed by atoms with Gasteiger partial charge in [-0.2, -0.15) is 0 Å². The van der Waals surface area contributed by atoms with Gasteiger partial charge in [0.05, 0.1) is 18.0 Å². The van der Waals surface area contributed by atoms with Crippen molar-refractivity contribution in [1.29, 1.82) is 0 Å². The molecule has 4 heteroatoms. The number of pyridine rings is 1. The number of nitrogen functional groups attached to an aromatic ring is 1. The maximum atomic E-state index is 6.07. The smallest absolute Gasteiger partial charge is 0.160 e. The predicted molar refractivity (Wildman–Crippen MR) is 80.9 cm³/mol. The van der Waals surface area contributed by atoms with Crippen LogP contribution in [0.4, 0.5) is 5.69 Å². The molecular weight excluding hydrogens is 250 g/mol. The third kappa shape index (κ3) is 2.09. The molecule has 0 aliphatic carbocycles. The molecule has 2 N–H and O–H groups in total. The second kappa shape index (κ2) is 4.89. The van der Waals surface area contributed by atoms with Crippen molar-refractivity contribution in [3.05, 3.63) is 48.3 Å². The van der Waals surface area contributed by atoms with Crippen LogP contribution in [-0.2, 0) is 0 Å². The Labute approximate surface area is 117 Å². The molecule has 4 nitrogen and oxygen atoms in total. The molecule has 0 aliphatic heterocycles. The van der Waals surface area contributed by atoms with Crippen LogP contribution in [0, 0.1) is 6.92 Å².